The predicted molar refractivity (Wildman–Crippen MR) is 149 cm³/mol. The zero-order valence-corrected chi connectivity index (χ0v) is 24.3. The summed E-state index contributed by atoms with van der Waals surface area (Å²) in [5.74, 6) is 0.477. The summed E-state index contributed by atoms with van der Waals surface area (Å²) >= 11 is 0. The Morgan fingerprint density at radius 1 is 1.23 bits per heavy atom. The van der Waals surface area contributed by atoms with Gasteiger partial charge in [0.25, 0.3) is 10.0 Å². The fourth-order valence-corrected chi connectivity index (χ4v) is 6.33. The Kier molecular flexibility index (Phi) is 9.12. The molecule has 1 aliphatic rings. The maximum atomic E-state index is 13.5. The van der Waals surface area contributed by atoms with Crippen molar-refractivity contribution >= 4 is 21.6 Å². The van der Waals surface area contributed by atoms with Gasteiger partial charge in [-0.1, -0.05) is 12.1 Å². The van der Waals surface area contributed by atoms with Gasteiger partial charge < -0.3 is 19.3 Å². The molecule has 3 heterocycles. The van der Waals surface area contributed by atoms with E-state index in [4.69, 9.17) is 9.26 Å². The molecule has 1 aliphatic heterocycles. The van der Waals surface area contributed by atoms with Gasteiger partial charge in [-0.3, -0.25) is 19.4 Å². The van der Waals surface area contributed by atoms with Crippen molar-refractivity contribution in [1.82, 2.24) is 19.9 Å². The Morgan fingerprint density at radius 3 is 2.60 bits per heavy atom. The number of sulfonamides is 1. The van der Waals surface area contributed by atoms with Crippen LogP contribution in [0, 0.1) is 19.8 Å². The SMILES string of the molecule is Cc1noc(C)c1S(=O)(=O)Nc1ccc2c(c1)CC(=O)N([C@H](C)CO)C[C@H](C)[C@@H](CN(C)Cc1ccncc1)O2. The average Bonchev–Trinajstić information content (AvgIpc) is 3.27. The molecule has 2 aromatic heterocycles. The second kappa shape index (κ2) is 12.4. The van der Waals surface area contributed by atoms with Gasteiger partial charge >= 0.3 is 0 Å². The van der Waals surface area contributed by atoms with Crippen LogP contribution in [0.25, 0.3) is 0 Å². The Hall–Kier alpha value is -3.48. The number of anilines is 1. The average molecular weight is 572 g/mol. The second-order valence-corrected chi connectivity index (χ2v) is 12.1. The number of nitrogens with one attached hydrogen (secondary N) is 1. The molecule has 0 aliphatic carbocycles. The van der Waals surface area contributed by atoms with Crippen molar-refractivity contribution in [2.75, 3.05) is 31.5 Å². The third-order valence-corrected chi connectivity index (χ3v) is 8.72. The highest BCUT2D eigenvalue weighted by atomic mass is 32.2. The number of pyridine rings is 1. The smallest absolute Gasteiger partial charge is 0.267 e. The lowest BCUT2D eigenvalue weighted by Gasteiger charge is -2.34. The Balaban J connectivity index is 1.65. The van der Waals surface area contributed by atoms with Gasteiger partial charge in [0.1, 0.15) is 17.5 Å². The van der Waals surface area contributed by atoms with Crippen molar-refractivity contribution in [2.45, 2.75) is 57.7 Å². The normalized spacial score (nSPS) is 18.9. The summed E-state index contributed by atoms with van der Waals surface area (Å²) in [5, 5.41) is 13.6. The molecule has 1 aromatic carbocycles. The standard InChI is InChI=1S/C28H37N5O6S/c1-18-14-33(19(2)17-34)27(35)13-23-12-24(31-40(36,37)28-20(3)30-39-21(28)4)6-7-25(23)38-26(18)16-32(5)15-22-8-10-29-11-9-22/h6-12,18-19,26,31,34H,13-17H2,1-5H3/t18-,19+,26+/m0/s1. The minimum Gasteiger partial charge on any atom is -0.488 e. The molecule has 216 valence electrons. The molecule has 3 aromatic rings. The largest absolute Gasteiger partial charge is 0.488 e. The van der Waals surface area contributed by atoms with Crippen LogP contribution in [0.1, 0.15) is 36.4 Å². The molecule has 0 fully saturated rings. The first-order valence-electron chi connectivity index (χ1n) is 13.2. The molecule has 12 heteroatoms. The van der Waals surface area contributed by atoms with Crippen molar-refractivity contribution in [2.24, 2.45) is 5.92 Å². The quantitative estimate of drug-likeness (QED) is 0.397. The number of aryl methyl sites for hydroxylation is 2. The van der Waals surface area contributed by atoms with E-state index >= 15 is 0 Å². The van der Waals surface area contributed by atoms with E-state index in [-0.39, 0.29) is 59.0 Å². The van der Waals surface area contributed by atoms with Gasteiger partial charge in [0.2, 0.25) is 5.91 Å². The van der Waals surface area contributed by atoms with Crippen LogP contribution in [0.3, 0.4) is 0 Å². The van der Waals surface area contributed by atoms with Gasteiger partial charge in [0, 0.05) is 49.2 Å². The number of aromatic nitrogens is 2. The molecular formula is C28H37N5O6S. The summed E-state index contributed by atoms with van der Waals surface area (Å²) in [5.41, 5.74) is 2.22. The first-order valence-corrected chi connectivity index (χ1v) is 14.7. The number of amides is 1. The summed E-state index contributed by atoms with van der Waals surface area (Å²) in [6.45, 7) is 8.46. The van der Waals surface area contributed by atoms with Crippen LogP contribution in [-0.2, 0) is 27.8 Å². The molecule has 0 saturated carbocycles. The van der Waals surface area contributed by atoms with Gasteiger partial charge in [0.05, 0.1) is 19.1 Å². The van der Waals surface area contributed by atoms with E-state index in [9.17, 15) is 18.3 Å². The number of aliphatic hydroxyl groups excluding tert-OH is 1. The van der Waals surface area contributed by atoms with Gasteiger partial charge in [-0.05, 0) is 63.7 Å². The number of rotatable bonds is 9. The summed E-state index contributed by atoms with van der Waals surface area (Å²) in [7, 11) is -1.97. The van der Waals surface area contributed by atoms with E-state index in [2.05, 4.69) is 19.8 Å². The van der Waals surface area contributed by atoms with E-state index in [1.807, 2.05) is 33.0 Å². The Labute approximate surface area is 235 Å². The number of hydrogen-bond acceptors (Lipinski definition) is 9. The molecule has 1 amide bonds. The van der Waals surface area contributed by atoms with E-state index in [1.54, 1.807) is 42.4 Å². The van der Waals surface area contributed by atoms with Crippen molar-refractivity contribution in [3.63, 3.8) is 0 Å². The molecule has 0 unspecified atom stereocenters. The topological polar surface area (TPSA) is 138 Å². The lowest BCUT2D eigenvalue weighted by molar-refractivity contribution is -0.134. The maximum absolute atomic E-state index is 13.5. The third-order valence-electron chi connectivity index (χ3n) is 7.10. The van der Waals surface area contributed by atoms with Crippen LogP contribution in [0.15, 0.2) is 52.1 Å². The molecule has 2 N–H and O–H groups in total. The monoisotopic (exact) mass is 571 g/mol. The number of fused-ring (bicyclic) bond motifs is 1. The highest BCUT2D eigenvalue weighted by molar-refractivity contribution is 7.92. The minimum atomic E-state index is -3.97. The molecule has 40 heavy (non-hydrogen) atoms. The van der Waals surface area contributed by atoms with Gasteiger partial charge in [-0.25, -0.2) is 8.42 Å². The zero-order valence-electron chi connectivity index (χ0n) is 23.5. The molecular weight excluding hydrogens is 534 g/mol. The fraction of sp³-hybridized carbons (Fsp3) is 0.464. The van der Waals surface area contributed by atoms with Gasteiger partial charge in [-0.2, -0.15) is 0 Å². The van der Waals surface area contributed by atoms with Crippen LogP contribution in [0.5, 0.6) is 5.75 Å². The first-order chi connectivity index (χ1) is 19.0. The Bertz CT molecular complexity index is 1410. The number of benzene rings is 1. The van der Waals surface area contributed by atoms with Crippen LogP contribution >= 0.6 is 0 Å². The second-order valence-electron chi connectivity index (χ2n) is 10.5. The van der Waals surface area contributed by atoms with Gasteiger partial charge in [-0.15, -0.1) is 0 Å². The molecule has 0 spiro atoms. The Morgan fingerprint density at radius 2 is 1.95 bits per heavy atom. The molecule has 11 nitrogen and oxygen atoms in total. The third kappa shape index (κ3) is 6.80. The van der Waals surface area contributed by atoms with E-state index in [0.29, 0.717) is 30.9 Å². The zero-order chi connectivity index (χ0) is 29.0. The highest BCUT2D eigenvalue weighted by Gasteiger charge is 2.31. The van der Waals surface area contributed by atoms with E-state index < -0.39 is 10.0 Å². The number of hydrogen-bond donors (Lipinski definition) is 2. The van der Waals surface area contributed by atoms with E-state index in [1.165, 1.54) is 6.92 Å². The lowest BCUT2D eigenvalue weighted by atomic mass is 10.0. The van der Waals surface area contributed by atoms with Crippen LogP contribution < -0.4 is 9.46 Å². The van der Waals surface area contributed by atoms with Crippen LogP contribution in [0.4, 0.5) is 5.69 Å². The molecule has 4 rings (SSSR count). The van der Waals surface area contributed by atoms with Crippen LogP contribution in [0.2, 0.25) is 0 Å². The summed E-state index contributed by atoms with van der Waals surface area (Å²) in [6.07, 6.45) is 3.23. The lowest BCUT2D eigenvalue weighted by Crippen LogP contribution is -2.47. The van der Waals surface area contributed by atoms with Crippen molar-refractivity contribution in [3.05, 3.63) is 65.3 Å². The maximum Gasteiger partial charge on any atom is 0.267 e. The highest BCUT2D eigenvalue weighted by Crippen LogP contribution is 2.31. The number of aliphatic hydroxyl groups is 1. The predicted octanol–water partition coefficient (Wildman–Crippen LogP) is 2.77. The fourth-order valence-electron chi connectivity index (χ4n) is 4.95. The molecule has 0 radical (unpaired) electrons. The van der Waals surface area contributed by atoms with Crippen molar-refractivity contribution in [3.8, 4) is 5.75 Å². The molecule has 3 atom stereocenters. The number of carbonyl (C=O) groups is 1. The number of nitrogens with zero attached hydrogens (tertiary/aromatic N) is 4. The molecule has 0 bridgehead atoms. The van der Waals surface area contributed by atoms with Gasteiger partial charge in [0.15, 0.2) is 10.7 Å². The first kappa shape index (κ1) is 29.5. The minimum absolute atomic E-state index is 0.00709. The number of likely N-dealkylation sites (N-methyl/N-ethyl adjacent to an activating group) is 1. The summed E-state index contributed by atoms with van der Waals surface area (Å²) in [4.78, 5) is 21.4. The summed E-state index contributed by atoms with van der Waals surface area (Å²) < 4.78 is 40.4. The van der Waals surface area contributed by atoms with E-state index in [0.717, 1.165) is 5.56 Å². The van der Waals surface area contributed by atoms with Crippen LogP contribution in [-0.4, -0.2) is 78.3 Å². The number of carbonyl (C=O) groups excluding carboxylic acids is 1. The van der Waals surface area contributed by atoms with Crippen molar-refractivity contribution in [1.29, 1.82) is 0 Å². The van der Waals surface area contributed by atoms with Crippen molar-refractivity contribution < 1.29 is 27.6 Å². The summed E-state index contributed by atoms with van der Waals surface area (Å²) in [6, 6.07) is 8.49. The number of ether oxygens (including phenoxy) is 1. The molecule has 0 saturated heterocycles.